The van der Waals surface area contributed by atoms with Crippen LogP contribution in [0.1, 0.15) is 15.9 Å². The van der Waals surface area contributed by atoms with Crippen LogP contribution in [0.4, 0.5) is 0 Å². The van der Waals surface area contributed by atoms with Crippen molar-refractivity contribution in [3.63, 3.8) is 0 Å². The number of methoxy groups -OCH3 is 2. The van der Waals surface area contributed by atoms with Crippen molar-refractivity contribution < 1.29 is 23.4 Å². The monoisotopic (exact) mass is 416 g/mol. The molecule has 1 aromatic heterocycles. The molecule has 0 saturated heterocycles. The predicted molar refractivity (Wildman–Crippen MR) is 117 cm³/mol. The average Bonchev–Trinajstić information content (AvgIpc) is 2.80. The number of carbonyl (C=O) groups is 1. The summed E-state index contributed by atoms with van der Waals surface area (Å²) in [6, 6.07) is 19.5. The van der Waals surface area contributed by atoms with E-state index < -0.39 is 11.6 Å². The highest BCUT2D eigenvalue weighted by Gasteiger charge is 2.22. The Morgan fingerprint density at radius 2 is 1.52 bits per heavy atom. The molecular weight excluding hydrogens is 396 g/mol. The van der Waals surface area contributed by atoms with Crippen LogP contribution < -0.4 is 19.8 Å². The van der Waals surface area contributed by atoms with Gasteiger partial charge in [0.15, 0.2) is 0 Å². The van der Waals surface area contributed by atoms with Crippen molar-refractivity contribution in [3.8, 4) is 28.4 Å². The van der Waals surface area contributed by atoms with Crippen LogP contribution in [-0.4, -0.2) is 20.2 Å². The molecule has 0 saturated carbocycles. The van der Waals surface area contributed by atoms with Gasteiger partial charge in [-0.2, -0.15) is 0 Å². The van der Waals surface area contributed by atoms with Crippen molar-refractivity contribution >= 4 is 16.9 Å². The summed E-state index contributed by atoms with van der Waals surface area (Å²) in [4.78, 5) is 25.2. The number of fused-ring (bicyclic) bond motifs is 1. The van der Waals surface area contributed by atoms with Crippen LogP contribution in [0.2, 0.25) is 0 Å². The fourth-order valence-corrected chi connectivity index (χ4v) is 3.51. The van der Waals surface area contributed by atoms with Gasteiger partial charge in [0, 0.05) is 17.0 Å². The molecule has 3 aromatic carbocycles. The third-order valence-corrected chi connectivity index (χ3v) is 5.03. The van der Waals surface area contributed by atoms with Crippen LogP contribution >= 0.6 is 0 Å². The number of ether oxygens (including phenoxy) is 3. The topological polar surface area (TPSA) is 75.0 Å². The maximum Gasteiger partial charge on any atom is 0.351 e. The van der Waals surface area contributed by atoms with Gasteiger partial charge in [0.1, 0.15) is 28.4 Å². The lowest BCUT2D eigenvalue weighted by atomic mass is 10.00. The van der Waals surface area contributed by atoms with Crippen LogP contribution in [0, 0.1) is 6.92 Å². The van der Waals surface area contributed by atoms with Gasteiger partial charge in [-0.25, -0.2) is 9.59 Å². The summed E-state index contributed by atoms with van der Waals surface area (Å²) in [5.74, 6) is 0.304. The normalized spacial score (nSPS) is 10.7. The third kappa shape index (κ3) is 3.75. The maximum atomic E-state index is 12.9. The van der Waals surface area contributed by atoms with E-state index >= 15 is 0 Å². The smallest absolute Gasteiger partial charge is 0.351 e. The molecule has 0 spiro atoms. The maximum absolute atomic E-state index is 12.9. The van der Waals surface area contributed by atoms with Gasteiger partial charge < -0.3 is 18.6 Å². The molecule has 31 heavy (non-hydrogen) atoms. The fraction of sp³-hybridized carbons (Fsp3) is 0.120. The lowest BCUT2D eigenvalue weighted by Crippen LogP contribution is -2.12. The SMILES string of the molecule is COc1cccc(OC)c1C(=O)Oc1ccc2c(-c3ccccc3)cc(=O)oc2c1C. The van der Waals surface area contributed by atoms with E-state index in [1.165, 1.54) is 20.3 Å². The second-order valence-electron chi connectivity index (χ2n) is 6.84. The van der Waals surface area contributed by atoms with Crippen molar-refractivity contribution in [2.75, 3.05) is 14.2 Å². The zero-order chi connectivity index (χ0) is 22.0. The van der Waals surface area contributed by atoms with Crippen molar-refractivity contribution in [2.24, 2.45) is 0 Å². The van der Waals surface area contributed by atoms with Gasteiger partial charge in [-0.15, -0.1) is 0 Å². The number of aryl methyl sites for hydroxylation is 1. The summed E-state index contributed by atoms with van der Waals surface area (Å²) in [5, 5.41) is 0.748. The molecule has 0 aliphatic rings. The number of esters is 1. The highest BCUT2D eigenvalue weighted by molar-refractivity contribution is 5.99. The van der Waals surface area contributed by atoms with Gasteiger partial charge in [-0.1, -0.05) is 36.4 Å². The van der Waals surface area contributed by atoms with Crippen LogP contribution in [-0.2, 0) is 0 Å². The summed E-state index contributed by atoms with van der Waals surface area (Å²) < 4.78 is 21.7. The van der Waals surface area contributed by atoms with E-state index in [4.69, 9.17) is 18.6 Å². The number of hydrogen-bond acceptors (Lipinski definition) is 6. The molecule has 4 rings (SSSR count). The standard InChI is InChI=1S/C25H20O6/c1-15-19(30-25(27)23-20(28-2)10-7-11-21(23)29-3)13-12-17-18(14-22(26)31-24(15)17)16-8-5-4-6-9-16/h4-14H,1-3H3. The molecule has 1 heterocycles. The Morgan fingerprint density at radius 3 is 2.16 bits per heavy atom. The largest absolute Gasteiger partial charge is 0.496 e. The number of carbonyl (C=O) groups excluding carboxylic acids is 1. The van der Waals surface area contributed by atoms with Gasteiger partial charge in [0.05, 0.1) is 14.2 Å². The molecule has 4 aromatic rings. The lowest BCUT2D eigenvalue weighted by Gasteiger charge is -2.14. The number of hydrogen-bond donors (Lipinski definition) is 0. The molecule has 0 unspecified atom stereocenters. The Morgan fingerprint density at radius 1 is 0.839 bits per heavy atom. The second-order valence-corrected chi connectivity index (χ2v) is 6.84. The Kier molecular flexibility index (Phi) is 5.45. The van der Waals surface area contributed by atoms with Crippen molar-refractivity contribution in [1.82, 2.24) is 0 Å². The van der Waals surface area contributed by atoms with E-state index in [2.05, 4.69) is 0 Å². The zero-order valence-electron chi connectivity index (χ0n) is 17.3. The molecule has 6 heteroatoms. The summed E-state index contributed by atoms with van der Waals surface area (Å²) in [6.45, 7) is 1.74. The Hall–Kier alpha value is -4.06. The molecule has 156 valence electrons. The van der Waals surface area contributed by atoms with E-state index in [9.17, 15) is 9.59 Å². The molecule has 0 aliphatic carbocycles. The average molecular weight is 416 g/mol. The Labute approximate surface area is 178 Å². The first kappa shape index (κ1) is 20.2. The minimum atomic E-state index is -0.640. The molecule has 6 nitrogen and oxygen atoms in total. The quantitative estimate of drug-likeness (QED) is 0.259. The van der Waals surface area contributed by atoms with Crippen LogP contribution in [0.25, 0.3) is 22.1 Å². The van der Waals surface area contributed by atoms with E-state index in [0.29, 0.717) is 22.6 Å². The van der Waals surface area contributed by atoms with Crippen LogP contribution in [0.3, 0.4) is 0 Å². The second kappa shape index (κ2) is 8.36. The van der Waals surface area contributed by atoms with Gasteiger partial charge in [0.25, 0.3) is 0 Å². The minimum absolute atomic E-state index is 0.173. The lowest BCUT2D eigenvalue weighted by molar-refractivity contribution is 0.0726. The van der Waals surface area contributed by atoms with Gasteiger partial charge in [-0.05, 0) is 42.3 Å². The van der Waals surface area contributed by atoms with Crippen molar-refractivity contribution in [2.45, 2.75) is 6.92 Å². The molecule has 0 fully saturated rings. The van der Waals surface area contributed by atoms with E-state index in [1.807, 2.05) is 30.3 Å². The first-order valence-electron chi connectivity index (χ1n) is 9.59. The van der Waals surface area contributed by atoms with Crippen molar-refractivity contribution in [3.05, 3.63) is 88.3 Å². The fourth-order valence-electron chi connectivity index (χ4n) is 3.51. The highest BCUT2D eigenvalue weighted by Crippen LogP contribution is 2.35. The molecule has 0 bridgehead atoms. The molecule has 0 amide bonds. The zero-order valence-corrected chi connectivity index (χ0v) is 17.3. The first-order chi connectivity index (χ1) is 15.0. The number of rotatable bonds is 5. The summed E-state index contributed by atoms with van der Waals surface area (Å²) in [6.07, 6.45) is 0. The molecular formula is C25H20O6. The van der Waals surface area contributed by atoms with E-state index in [0.717, 1.165) is 16.5 Å². The molecule has 0 aliphatic heterocycles. The van der Waals surface area contributed by atoms with E-state index in [-0.39, 0.29) is 11.3 Å². The molecule has 0 atom stereocenters. The van der Waals surface area contributed by atoms with Crippen LogP contribution in [0.15, 0.2) is 75.9 Å². The summed E-state index contributed by atoms with van der Waals surface area (Å²) in [5.41, 5.74) is 2.23. The Balaban J connectivity index is 1.80. The Bertz CT molecular complexity index is 1300. The third-order valence-electron chi connectivity index (χ3n) is 5.03. The summed E-state index contributed by atoms with van der Waals surface area (Å²) >= 11 is 0. The van der Waals surface area contributed by atoms with Gasteiger partial charge in [0.2, 0.25) is 0 Å². The predicted octanol–water partition coefficient (Wildman–Crippen LogP) is 5.00. The number of benzene rings is 3. The van der Waals surface area contributed by atoms with Gasteiger partial charge in [-0.3, -0.25) is 0 Å². The van der Waals surface area contributed by atoms with Gasteiger partial charge >= 0.3 is 11.6 Å². The highest BCUT2D eigenvalue weighted by atomic mass is 16.5. The van der Waals surface area contributed by atoms with Crippen LogP contribution in [0.5, 0.6) is 17.2 Å². The molecule has 0 radical (unpaired) electrons. The first-order valence-corrected chi connectivity index (χ1v) is 9.59. The van der Waals surface area contributed by atoms with Crippen molar-refractivity contribution in [1.29, 1.82) is 0 Å². The van der Waals surface area contributed by atoms with E-state index in [1.54, 1.807) is 37.3 Å². The molecule has 0 N–H and O–H groups in total. The summed E-state index contributed by atoms with van der Waals surface area (Å²) in [7, 11) is 2.93. The minimum Gasteiger partial charge on any atom is -0.496 e.